The van der Waals surface area contributed by atoms with Crippen LogP contribution in [0.5, 0.6) is 0 Å². The number of fused-ring (bicyclic) bond motifs is 2. The number of rotatable bonds is 11. The summed E-state index contributed by atoms with van der Waals surface area (Å²) in [6.07, 6.45) is 5.00. The summed E-state index contributed by atoms with van der Waals surface area (Å²) in [7, 11) is 0. The second-order valence-electron chi connectivity index (χ2n) is 11.7. The van der Waals surface area contributed by atoms with E-state index in [9.17, 15) is 19.5 Å². The Morgan fingerprint density at radius 1 is 1.15 bits per heavy atom. The minimum absolute atomic E-state index is 0.0291. The van der Waals surface area contributed by atoms with Gasteiger partial charge in [-0.2, -0.15) is 0 Å². The van der Waals surface area contributed by atoms with Crippen molar-refractivity contribution in [2.75, 3.05) is 31.1 Å². The molecule has 3 saturated heterocycles. The number of amides is 3. The molecular weight excluding hydrogens is 534 g/mol. The van der Waals surface area contributed by atoms with Crippen LogP contribution in [-0.4, -0.2) is 80.9 Å². The molecule has 3 heterocycles. The quantitative estimate of drug-likeness (QED) is 0.399. The molecule has 3 aliphatic heterocycles. The van der Waals surface area contributed by atoms with E-state index in [2.05, 4.69) is 20.1 Å². The number of hydrogen-bond acceptors (Lipinski definition) is 5. The van der Waals surface area contributed by atoms with Gasteiger partial charge in [-0.15, -0.1) is 24.9 Å². The summed E-state index contributed by atoms with van der Waals surface area (Å²) in [6, 6.07) is 12.5. The molecule has 1 N–H and O–H groups in total. The summed E-state index contributed by atoms with van der Waals surface area (Å²) in [6.45, 7) is 14.7. The molecule has 3 aliphatic rings. The Bertz CT molecular complexity index is 1360. The van der Waals surface area contributed by atoms with Crippen molar-refractivity contribution in [3.05, 3.63) is 67.8 Å². The number of carbonyl (C=O) groups excluding carboxylic acids is 3. The summed E-state index contributed by atoms with van der Waals surface area (Å²) >= 11 is 1.66. The lowest BCUT2D eigenvalue weighted by Gasteiger charge is -2.42. The first kappa shape index (κ1) is 29.4. The molecule has 0 aliphatic carbocycles. The molecule has 41 heavy (non-hydrogen) atoms. The fourth-order valence-electron chi connectivity index (χ4n) is 7.46. The van der Waals surface area contributed by atoms with Gasteiger partial charge in [0.2, 0.25) is 11.8 Å². The van der Waals surface area contributed by atoms with E-state index in [0.717, 1.165) is 29.3 Å². The Morgan fingerprint density at radius 3 is 2.51 bits per heavy atom. The number of thioether (sulfide) groups is 1. The highest BCUT2D eigenvalue weighted by atomic mass is 32.2. The number of anilines is 1. The third-order valence-electron chi connectivity index (χ3n) is 9.22. The van der Waals surface area contributed by atoms with Crippen molar-refractivity contribution in [1.29, 1.82) is 0 Å². The SMILES string of the molecule is C=CCN(CCC)C(=O)[C@@H]1[C@H]2C(=O)N([C@H](C)CO)C(C(=O)N(CC=C)c3ccc4ccccc4c3)C23S[C@@H]1CC3C. The topological polar surface area (TPSA) is 81.2 Å². The monoisotopic (exact) mass is 575 g/mol. The largest absolute Gasteiger partial charge is 0.394 e. The van der Waals surface area contributed by atoms with Gasteiger partial charge in [-0.05, 0) is 48.6 Å². The zero-order valence-corrected chi connectivity index (χ0v) is 25.1. The predicted molar refractivity (Wildman–Crippen MR) is 166 cm³/mol. The van der Waals surface area contributed by atoms with Crippen molar-refractivity contribution in [2.24, 2.45) is 17.8 Å². The minimum Gasteiger partial charge on any atom is -0.394 e. The van der Waals surface area contributed by atoms with Crippen molar-refractivity contribution in [3.63, 3.8) is 0 Å². The molecule has 3 fully saturated rings. The number of likely N-dealkylation sites (tertiary alicyclic amines) is 1. The van der Waals surface area contributed by atoms with Crippen molar-refractivity contribution >= 4 is 45.9 Å². The van der Waals surface area contributed by atoms with Gasteiger partial charge in [-0.3, -0.25) is 14.4 Å². The molecule has 0 saturated carbocycles. The molecule has 3 unspecified atom stereocenters. The highest BCUT2D eigenvalue weighted by molar-refractivity contribution is 8.02. The van der Waals surface area contributed by atoms with Gasteiger partial charge in [-0.1, -0.05) is 56.3 Å². The van der Waals surface area contributed by atoms with E-state index in [-0.39, 0.29) is 42.0 Å². The minimum atomic E-state index is -0.810. The van der Waals surface area contributed by atoms with Crippen LogP contribution in [0.2, 0.25) is 0 Å². The average Bonchev–Trinajstić information content (AvgIpc) is 3.58. The number of aliphatic hydroxyl groups excluding tert-OH is 1. The number of benzene rings is 2. The molecule has 7 atom stereocenters. The second kappa shape index (κ2) is 11.6. The molecule has 5 rings (SSSR count). The van der Waals surface area contributed by atoms with Crippen LogP contribution in [-0.2, 0) is 14.4 Å². The van der Waals surface area contributed by atoms with Gasteiger partial charge in [0.15, 0.2) is 0 Å². The first-order valence-corrected chi connectivity index (χ1v) is 15.5. The van der Waals surface area contributed by atoms with Crippen LogP contribution in [0, 0.1) is 17.8 Å². The molecule has 2 bridgehead atoms. The zero-order chi connectivity index (χ0) is 29.5. The van der Waals surface area contributed by atoms with Crippen LogP contribution in [0.3, 0.4) is 0 Å². The summed E-state index contributed by atoms with van der Waals surface area (Å²) in [5.74, 6) is -1.50. The highest BCUT2D eigenvalue weighted by Crippen LogP contribution is 2.69. The average molecular weight is 576 g/mol. The van der Waals surface area contributed by atoms with Gasteiger partial charge in [-0.25, -0.2) is 0 Å². The summed E-state index contributed by atoms with van der Waals surface area (Å²) < 4.78 is -0.759. The van der Waals surface area contributed by atoms with E-state index in [1.165, 1.54) is 0 Å². The van der Waals surface area contributed by atoms with E-state index in [0.29, 0.717) is 13.1 Å². The van der Waals surface area contributed by atoms with Gasteiger partial charge >= 0.3 is 0 Å². The van der Waals surface area contributed by atoms with Crippen LogP contribution in [0.15, 0.2) is 67.8 Å². The van der Waals surface area contributed by atoms with Crippen molar-refractivity contribution < 1.29 is 19.5 Å². The van der Waals surface area contributed by atoms with E-state index < -0.39 is 28.7 Å². The highest BCUT2D eigenvalue weighted by Gasteiger charge is 2.76. The van der Waals surface area contributed by atoms with E-state index >= 15 is 0 Å². The maximum atomic E-state index is 14.8. The molecule has 0 radical (unpaired) electrons. The maximum Gasteiger partial charge on any atom is 0.251 e. The summed E-state index contributed by atoms with van der Waals surface area (Å²) in [5.41, 5.74) is 0.732. The Labute approximate surface area is 247 Å². The first-order chi connectivity index (χ1) is 19.7. The number of nitrogens with zero attached hydrogens (tertiary/aromatic N) is 3. The van der Waals surface area contributed by atoms with E-state index in [1.807, 2.05) is 49.4 Å². The molecule has 0 aromatic heterocycles. The fourth-order valence-corrected chi connectivity index (χ4v) is 9.85. The van der Waals surface area contributed by atoms with Crippen LogP contribution in [0.1, 0.15) is 33.6 Å². The molecule has 1 spiro atoms. The van der Waals surface area contributed by atoms with Gasteiger partial charge in [0, 0.05) is 30.6 Å². The molecule has 3 amide bonds. The third kappa shape index (κ3) is 4.59. The van der Waals surface area contributed by atoms with Gasteiger partial charge in [0.05, 0.1) is 29.2 Å². The normalized spacial score (nSPS) is 28.9. The lowest BCUT2D eigenvalue weighted by atomic mass is 9.65. The molecular formula is C33H41N3O4S. The smallest absolute Gasteiger partial charge is 0.251 e. The van der Waals surface area contributed by atoms with Crippen LogP contribution >= 0.6 is 11.8 Å². The van der Waals surface area contributed by atoms with Crippen LogP contribution in [0.25, 0.3) is 10.8 Å². The Kier molecular flexibility index (Phi) is 8.35. The van der Waals surface area contributed by atoms with E-state index in [1.54, 1.807) is 45.5 Å². The summed E-state index contributed by atoms with van der Waals surface area (Å²) in [4.78, 5) is 48.4. The lowest BCUT2D eigenvalue weighted by molar-refractivity contribution is -0.145. The first-order valence-electron chi connectivity index (χ1n) is 14.7. The maximum absolute atomic E-state index is 14.8. The number of hydrogen-bond donors (Lipinski definition) is 1. The molecule has 218 valence electrons. The van der Waals surface area contributed by atoms with Crippen LogP contribution < -0.4 is 4.90 Å². The number of carbonyl (C=O) groups is 3. The third-order valence-corrected chi connectivity index (χ3v) is 11.3. The molecule has 7 nitrogen and oxygen atoms in total. The number of aliphatic hydroxyl groups is 1. The Balaban J connectivity index is 1.60. The van der Waals surface area contributed by atoms with Gasteiger partial charge < -0.3 is 19.8 Å². The van der Waals surface area contributed by atoms with Gasteiger partial charge in [0.1, 0.15) is 6.04 Å². The summed E-state index contributed by atoms with van der Waals surface area (Å²) in [5, 5.41) is 12.3. The standard InChI is InChI=1S/C33H41N3O4S/c1-6-15-34(16-7-2)30(38)27-26-18-21(4)33(41-26)28(27)31(39)36(22(5)20-37)29(33)32(40)35(17-8-3)25-14-13-23-11-9-10-12-24(23)19-25/h6,8-14,19,21-22,26-29,37H,1,3,7,15-18,20H2,2,4-5H3/t21?,22-,26-,27+,28+,29?,33?/m1/s1. The van der Waals surface area contributed by atoms with E-state index in [4.69, 9.17) is 0 Å². The zero-order valence-electron chi connectivity index (χ0n) is 24.2. The fraction of sp³-hybridized carbons (Fsp3) is 0.485. The van der Waals surface area contributed by atoms with Gasteiger partial charge in [0.25, 0.3) is 5.91 Å². The lowest BCUT2D eigenvalue weighted by Crippen LogP contribution is -2.59. The van der Waals surface area contributed by atoms with Crippen molar-refractivity contribution in [3.8, 4) is 0 Å². The predicted octanol–water partition coefficient (Wildman–Crippen LogP) is 4.50. The van der Waals surface area contributed by atoms with Crippen LogP contribution in [0.4, 0.5) is 5.69 Å². The Hall–Kier alpha value is -3.10. The van der Waals surface area contributed by atoms with Crippen molar-refractivity contribution in [1.82, 2.24) is 9.80 Å². The van der Waals surface area contributed by atoms with Crippen molar-refractivity contribution in [2.45, 2.75) is 55.7 Å². The Morgan fingerprint density at radius 2 is 1.85 bits per heavy atom. The molecule has 2 aromatic carbocycles. The molecule has 2 aromatic rings. The molecule has 8 heteroatoms. The second-order valence-corrected chi connectivity index (χ2v) is 13.2.